The van der Waals surface area contributed by atoms with Gasteiger partial charge in [-0.25, -0.2) is 0 Å². The van der Waals surface area contributed by atoms with Crippen LogP contribution in [0.15, 0.2) is 16.9 Å². The van der Waals surface area contributed by atoms with Crippen molar-refractivity contribution < 1.29 is 9.90 Å². The molecule has 1 aromatic rings. The maximum absolute atomic E-state index is 10.8. The zero-order valence-corrected chi connectivity index (χ0v) is 8.16. The first kappa shape index (κ1) is 9.24. The molecule has 1 aromatic heterocycles. The lowest BCUT2D eigenvalue weighted by molar-refractivity contribution is -0.136. The summed E-state index contributed by atoms with van der Waals surface area (Å²) in [4.78, 5) is 23.5. The third-order valence-electron chi connectivity index (χ3n) is 1.21. The molecule has 0 spiro atoms. The number of aromatic amines is 1. The SMILES string of the molecule is O=C(O)Cc1cc(I)cc(=O)[nH]1. The van der Waals surface area contributed by atoms with Gasteiger partial charge >= 0.3 is 5.97 Å². The monoisotopic (exact) mass is 279 g/mol. The van der Waals surface area contributed by atoms with Gasteiger partial charge in [0.15, 0.2) is 0 Å². The van der Waals surface area contributed by atoms with Gasteiger partial charge < -0.3 is 10.1 Å². The number of carboxylic acids is 1. The van der Waals surface area contributed by atoms with E-state index in [1.165, 1.54) is 6.07 Å². The standard InChI is InChI=1S/C7H6INO3/c8-4-1-5(3-7(11)12)9-6(10)2-4/h1-2H,3H2,(H,9,10)(H,11,12). The van der Waals surface area contributed by atoms with Crippen molar-refractivity contribution in [2.75, 3.05) is 0 Å². The van der Waals surface area contributed by atoms with Crippen molar-refractivity contribution >= 4 is 28.6 Å². The maximum Gasteiger partial charge on any atom is 0.309 e. The van der Waals surface area contributed by atoms with Crippen LogP contribution in [0.25, 0.3) is 0 Å². The maximum atomic E-state index is 10.8. The molecule has 0 aromatic carbocycles. The van der Waals surface area contributed by atoms with Crippen LogP contribution < -0.4 is 5.56 Å². The topological polar surface area (TPSA) is 70.2 Å². The van der Waals surface area contributed by atoms with E-state index in [9.17, 15) is 9.59 Å². The molecule has 2 N–H and O–H groups in total. The number of hydrogen-bond acceptors (Lipinski definition) is 2. The Morgan fingerprint density at radius 2 is 2.25 bits per heavy atom. The Hall–Kier alpha value is -0.850. The first-order valence-electron chi connectivity index (χ1n) is 3.18. The lowest BCUT2D eigenvalue weighted by Crippen LogP contribution is -2.11. The molecule has 0 fully saturated rings. The van der Waals surface area contributed by atoms with Crippen LogP contribution in [-0.2, 0) is 11.2 Å². The summed E-state index contributed by atoms with van der Waals surface area (Å²) in [5.74, 6) is -0.951. The van der Waals surface area contributed by atoms with Crippen molar-refractivity contribution in [2.45, 2.75) is 6.42 Å². The normalized spacial score (nSPS) is 9.75. The second kappa shape index (κ2) is 3.70. The molecule has 0 aliphatic carbocycles. The molecular weight excluding hydrogens is 273 g/mol. The fourth-order valence-corrected chi connectivity index (χ4v) is 1.48. The van der Waals surface area contributed by atoms with Gasteiger partial charge in [-0.1, -0.05) is 0 Å². The largest absolute Gasteiger partial charge is 0.481 e. The van der Waals surface area contributed by atoms with Gasteiger partial charge in [0, 0.05) is 15.3 Å². The van der Waals surface area contributed by atoms with E-state index in [0.717, 1.165) is 3.57 Å². The Bertz CT molecular complexity index is 358. The number of halogens is 1. The van der Waals surface area contributed by atoms with Gasteiger partial charge in [0.05, 0.1) is 6.42 Å². The van der Waals surface area contributed by atoms with Crippen molar-refractivity contribution in [3.8, 4) is 0 Å². The minimum absolute atomic E-state index is 0.147. The Kier molecular flexibility index (Phi) is 2.85. The highest BCUT2D eigenvalue weighted by Crippen LogP contribution is 2.02. The van der Waals surface area contributed by atoms with Crippen LogP contribution >= 0.6 is 22.6 Å². The van der Waals surface area contributed by atoms with E-state index in [1.807, 2.05) is 22.6 Å². The summed E-state index contributed by atoms with van der Waals surface area (Å²) in [5, 5.41) is 8.42. The van der Waals surface area contributed by atoms with E-state index in [0.29, 0.717) is 5.69 Å². The molecule has 0 radical (unpaired) electrons. The molecule has 0 bridgehead atoms. The Balaban J connectivity index is 3.01. The molecule has 12 heavy (non-hydrogen) atoms. The van der Waals surface area contributed by atoms with Crippen molar-refractivity contribution in [3.05, 3.63) is 31.8 Å². The Morgan fingerprint density at radius 3 is 2.75 bits per heavy atom. The summed E-state index contributed by atoms with van der Waals surface area (Å²) in [7, 11) is 0. The van der Waals surface area contributed by atoms with Gasteiger partial charge in [-0.3, -0.25) is 9.59 Å². The third kappa shape index (κ3) is 2.65. The number of rotatable bonds is 2. The van der Waals surface area contributed by atoms with Gasteiger partial charge in [0.25, 0.3) is 0 Å². The van der Waals surface area contributed by atoms with Crippen LogP contribution in [-0.4, -0.2) is 16.1 Å². The average Bonchev–Trinajstić information content (AvgIpc) is 1.81. The summed E-state index contributed by atoms with van der Waals surface area (Å²) < 4.78 is 0.743. The van der Waals surface area contributed by atoms with Crippen LogP contribution in [0.5, 0.6) is 0 Å². The summed E-state index contributed by atoms with van der Waals surface area (Å²) >= 11 is 1.96. The fourth-order valence-electron chi connectivity index (χ4n) is 0.822. The minimum atomic E-state index is -0.951. The molecule has 0 aliphatic heterocycles. The molecule has 0 atom stereocenters. The van der Waals surface area contributed by atoms with Crippen LogP contribution in [0.4, 0.5) is 0 Å². The highest BCUT2D eigenvalue weighted by atomic mass is 127. The average molecular weight is 279 g/mol. The third-order valence-corrected chi connectivity index (χ3v) is 1.83. The van der Waals surface area contributed by atoms with Gasteiger partial charge in [0.2, 0.25) is 5.56 Å². The molecule has 0 saturated carbocycles. The zero-order chi connectivity index (χ0) is 9.14. The molecule has 1 rings (SSSR count). The smallest absolute Gasteiger partial charge is 0.309 e. The lowest BCUT2D eigenvalue weighted by Gasteiger charge is -1.96. The second-order valence-corrected chi connectivity index (χ2v) is 3.50. The number of aliphatic carboxylic acids is 1. The van der Waals surface area contributed by atoms with Crippen molar-refractivity contribution in [1.29, 1.82) is 0 Å². The van der Waals surface area contributed by atoms with Gasteiger partial charge in [-0.15, -0.1) is 0 Å². The number of carboxylic acid groups (broad SMARTS) is 1. The highest BCUT2D eigenvalue weighted by molar-refractivity contribution is 14.1. The van der Waals surface area contributed by atoms with E-state index in [2.05, 4.69) is 4.98 Å². The predicted octanol–water partition coefficient (Wildman–Crippen LogP) is 0.607. The van der Waals surface area contributed by atoms with Crippen LogP contribution in [0.2, 0.25) is 0 Å². The molecule has 5 heteroatoms. The molecule has 64 valence electrons. The van der Waals surface area contributed by atoms with E-state index >= 15 is 0 Å². The second-order valence-electron chi connectivity index (χ2n) is 2.26. The number of H-pyrrole nitrogens is 1. The predicted molar refractivity (Wildman–Crippen MR) is 51.1 cm³/mol. The van der Waals surface area contributed by atoms with E-state index in [-0.39, 0.29) is 12.0 Å². The summed E-state index contributed by atoms with van der Waals surface area (Å²) in [6.45, 7) is 0. The molecule has 1 heterocycles. The number of pyridine rings is 1. The van der Waals surface area contributed by atoms with E-state index < -0.39 is 5.97 Å². The number of nitrogens with one attached hydrogen (secondary N) is 1. The molecular formula is C7H6INO3. The van der Waals surface area contributed by atoms with Crippen LogP contribution in [0, 0.1) is 3.57 Å². The first-order chi connectivity index (χ1) is 5.58. The van der Waals surface area contributed by atoms with Crippen molar-refractivity contribution in [2.24, 2.45) is 0 Å². The molecule has 0 aliphatic rings. The highest BCUT2D eigenvalue weighted by Gasteiger charge is 2.01. The molecule has 0 saturated heterocycles. The summed E-state index contributed by atoms with van der Waals surface area (Å²) in [5.41, 5.74) is 0.164. The Morgan fingerprint density at radius 1 is 1.58 bits per heavy atom. The molecule has 0 amide bonds. The fraction of sp³-hybridized carbons (Fsp3) is 0.143. The van der Waals surface area contributed by atoms with E-state index in [1.54, 1.807) is 6.07 Å². The van der Waals surface area contributed by atoms with Crippen LogP contribution in [0.1, 0.15) is 5.69 Å². The minimum Gasteiger partial charge on any atom is -0.481 e. The quantitative estimate of drug-likeness (QED) is 0.779. The van der Waals surface area contributed by atoms with Crippen molar-refractivity contribution in [3.63, 3.8) is 0 Å². The zero-order valence-electron chi connectivity index (χ0n) is 6.00. The number of carbonyl (C=O) groups is 1. The van der Waals surface area contributed by atoms with Crippen LogP contribution in [0.3, 0.4) is 0 Å². The van der Waals surface area contributed by atoms with Gasteiger partial charge in [-0.2, -0.15) is 0 Å². The lowest BCUT2D eigenvalue weighted by atomic mass is 10.3. The van der Waals surface area contributed by atoms with Gasteiger partial charge in [0.1, 0.15) is 0 Å². The summed E-state index contributed by atoms with van der Waals surface area (Å²) in [6, 6.07) is 3.04. The number of aromatic nitrogens is 1. The van der Waals surface area contributed by atoms with Crippen molar-refractivity contribution in [1.82, 2.24) is 4.98 Å². The van der Waals surface area contributed by atoms with Gasteiger partial charge in [-0.05, 0) is 28.7 Å². The molecule has 4 nitrogen and oxygen atoms in total. The Labute approximate surface area is 81.8 Å². The number of hydrogen-bond donors (Lipinski definition) is 2. The first-order valence-corrected chi connectivity index (χ1v) is 4.26. The molecule has 0 unspecified atom stereocenters. The van der Waals surface area contributed by atoms with E-state index in [4.69, 9.17) is 5.11 Å². The summed E-state index contributed by atoms with van der Waals surface area (Å²) in [6.07, 6.45) is -0.147.